The van der Waals surface area contributed by atoms with Gasteiger partial charge in [0.2, 0.25) is 5.91 Å². The molecular weight excluding hydrogens is 332 g/mol. The Labute approximate surface area is 153 Å². The van der Waals surface area contributed by atoms with E-state index in [1.54, 1.807) is 16.2 Å². The van der Waals surface area contributed by atoms with Gasteiger partial charge < -0.3 is 9.80 Å². The van der Waals surface area contributed by atoms with Gasteiger partial charge in [-0.25, -0.2) is 0 Å². The minimum absolute atomic E-state index is 0.0446. The van der Waals surface area contributed by atoms with E-state index >= 15 is 0 Å². The fourth-order valence-corrected chi connectivity index (χ4v) is 3.89. The normalized spacial score (nSPS) is 18.1. The van der Waals surface area contributed by atoms with E-state index in [1.165, 1.54) is 0 Å². The lowest BCUT2D eigenvalue weighted by molar-refractivity contribution is -0.140. The van der Waals surface area contributed by atoms with Crippen molar-refractivity contribution in [1.82, 2.24) is 9.80 Å². The Kier molecular flexibility index (Phi) is 5.23. The van der Waals surface area contributed by atoms with Gasteiger partial charge in [-0.3, -0.25) is 9.59 Å². The molecule has 25 heavy (non-hydrogen) atoms. The number of nitrogens with zero attached hydrogens (tertiary/aromatic N) is 2. The number of hydrogen-bond acceptors (Lipinski definition) is 3. The van der Waals surface area contributed by atoms with Gasteiger partial charge in [-0.15, -0.1) is 0 Å². The van der Waals surface area contributed by atoms with Crippen LogP contribution >= 0.6 is 11.3 Å². The lowest BCUT2D eigenvalue weighted by Gasteiger charge is -2.39. The molecule has 3 rings (SSSR count). The standard InChI is InChI=1S/C20H24N2O2S/c1-14(2)12-21-9-10-22(15(3)19(21)23)20(24)17-6-4-16(5-7-17)18-8-11-25-13-18/h4-8,11,13-15H,9-10,12H2,1-3H3. The molecule has 0 saturated carbocycles. The monoisotopic (exact) mass is 356 g/mol. The summed E-state index contributed by atoms with van der Waals surface area (Å²) in [5, 5.41) is 4.13. The van der Waals surface area contributed by atoms with Crippen molar-refractivity contribution in [3.05, 3.63) is 46.7 Å². The second-order valence-corrected chi connectivity index (χ2v) is 7.72. The van der Waals surface area contributed by atoms with Gasteiger partial charge in [-0.2, -0.15) is 11.3 Å². The van der Waals surface area contributed by atoms with Crippen molar-refractivity contribution in [2.24, 2.45) is 5.92 Å². The zero-order valence-corrected chi connectivity index (χ0v) is 15.8. The van der Waals surface area contributed by atoms with Crippen molar-refractivity contribution in [2.45, 2.75) is 26.8 Å². The number of rotatable bonds is 4. The number of amides is 2. The molecule has 4 nitrogen and oxygen atoms in total. The van der Waals surface area contributed by atoms with Crippen LogP contribution in [0, 0.1) is 5.92 Å². The maximum absolute atomic E-state index is 12.8. The van der Waals surface area contributed by atoms with Crippen molar-refractivity contribution in [3.63, 3.8) is 0 Å². The predicted octanol–water partition coefficient (Wildman–Crippen LogP) is 3.74. The first kappa shape index (κ1) is 17.7. The molecule has 1 aromatic heterocycles. The predicted molar refractivity (Wildman–Crippen MR) is 102 cm³/mol. The molecule has 2 heterocycles. The summed E-state index contributed by atoms with van der Waals surface area (Å²) in [4.78, 5) is 29.0. The second kappa shape index (κ2) is 7.40. The highest BCUT2D eigenvalue weighted by Crippen LogP contribution is 2.23. The van der Waals surface area contributed by atoms with E-state index in [9.17, 15) is 9.59 Å². The molecule has 2 aromatic rings. The van der Waals surface area contributed by atoms with Crippen LogP contribution in [0.3, 0.4) is 0 Å². The van der Waals surface area contributed by atoms with Crippen LogP contribution in [0.2, 0.25) is 0 Å². The highest BCUT2D eigenvalue weighted by Gasteiger charge is 2.34. The molecule has 1 aliphatic rings. The number of carbonyl (C=O) groups is 2. The molecule has 1 aliphatic heterocycles. The van der Waals surface area contributed by atoms with Crippen molar-refractivity contribution < 1.29 is 9.59 Å². The minimum atomic E-state index is -0.406. The maximum atomic E-state index is 12.8. The summed E-state index contributed by atoms with van der Waals surface area (Å²) in [6.45, 7) is 7.98. The van der Waals surface area contributed by atoms with Crippen molar-refractivity contribution in [3.8, 4) is 11.1 Å². The van der Waals surface area contributed by atoms with Gasteiger partial charge in [-0.1, -0.05) is 26.0 Å². The molecule has 0 aliphatic carbocycles. The molecule has 0 bridgehead atoms. The summed E-state index contributed by atoms with van der Waals surface area (Å²) < 4.78 is 0. The van der Waals surface area contributed by atoms with Crippen LogP contribution in [0.15, 0.2) is 41.1 Å². The summed E-state index contributed by atoms with van der Waals surface area (Å²) in [7, 11) is 0. The quantitative estimate of drug-likeness (QED) is 0.837. The maximum Gasteiger partial charge on any atom is 0.254 e. The number of thiophene rings is 1. The average Bonchev–Trinajstić information content (AvgIpc) is 3.13. The van der Waals surface area contributed by atoms with E-state index in [2.05, 4.69) is 25.3 Å². The van der Waals surface area contributed by atoms with E-state index in [4.69, 9.17) is 0 Å². The van der Waals surface area contributed by atoms with Gasteiger partial charge in [-0.05, 0) is 52.9 Å². The fraction of sp³-hybridized carbons (Fsp3) is 0.400. The molecule has 132 valence electrons. The van der Waals surface area contributed by atoms with Gasteiger partial charge in [0.15, 0.2) is 0 Å². The Balaban J connectivity index is 1.72. The Morgan fingerprint density at radius 3 is 2.48 bits per heavy atom. The summed E-state index contributed by atoms with van der Waals surface area (Å²) >= 11 is 1.66. The molecule has 0 spiro atoms. The summed E-state index contributed by atoms with van der Waals surface area (Å²) in [6.07, 6.45) is 0. The number of hydrogen-bond donors (Lipinski definition) is 0. The summed E-state index contributed by atoms with van der Waals surface area (Å²) in [5.41, 5.74) is 2.90. The third kappa shape index (κ3) is 3.76. The van der Waals surface area contributed by atoms with Crippen LogP contribution < -0.4 is 0 Å². The van der Waals surface area contributed by atoms with Crippen LogP contribution in [-0.4, -0.2) is 47.3 Å². The first-order valence-electron chi connectivity index (χ1n) is 8.69. The van der Waals surface area contributed by atoms with Crippen LogP contribution in [0.1, 0.15) is 31.1 Å². The first-order chi connectivity index (χ1) is 12.0. The highest BCUT2D eigenvalue weighted by atomic mass is 32.1. The van der Waals surface area contributed by atoms with Gasteiger partial charge in [0.25, 0.3) is 5.91 Å². The fourth-order valence-electron chi connectivity index (χ4n) is 3.23. The van der Waals surface area contributed by atoms with Crippen LogP contribution in [-0.2, 0) is 4.79 Å². The molecule has 1 unspecified atom stereocenters. The molecule has 1 atom stereocenters. The highest BCUT2D eigenvalue weighted by molar-refractivity contribution is 7.08. The van der Waals surface area contributed by atoms with E-state index in [-0.39, 0.29) is 11.8 Å². The largest absolute Gasteiger partial charge is 0.339 e. The zero-order valence-electron chi connectivity index (χ0n) is 14.9. The van der Waals surface area contributed by atoms with Gasteiger partial charge in [0.1, 0.15) is 6.04 Å². The lowest BCUT2D eigenvalue weighted by Crippen LogP contribution is -2.58. The average molecular weight is 356 g/mol. The van der Waals surface area contributed by atoms with Gasteiger partial charge in [0, 0.05) is 25.2 Å². The van der Waals surface area contributed by atoms with Crippen LogP contribution in [0.5, 0.6) is 0 Å². The Bertz CT molecular complexity index is 738. The molecule has 1 aromatic carbocycles. The number of piperazine rings is 1. The first-order valence-corrected chi connectivity index (χ1v) is 9.64. The molecular formula is C20H24N2O2S. The Morgan fingerprint density at radius 2 is 1.88 bits per heavy atom. The topological polar surface area (TPSA) is 40.6 Å². The summed E-state index contributed by atoms with van der Waals surface area (Å²) in [6, 6.07) is 9.31. The van der Waals surface area contributed by atoms with E-state index in [0.29, 0.717) is 24.6 Å². The van der Waals surface area contributed by atoms with Crippen molar-refractivity contribution in [2.75, 3.05) is 19.6 Å². The van der Waals surface area contributed by atoms with Crippen LogP contribution in [0.25, 0.3) is 11.1 Å². The number of carbonyl (C=O) groups excluding carboxylic acids is 2. The van der Waals surface area contributed by atoms with E-state index in [1.807, 2.05) is 41.5 Å². The van der Waals surface area contributed by atoms with E-state index < -0.39 is 6.04 Å². The van der Waals surface area contributed by atoms with E-state index in [0.717, 1.165) is 17.7 Å². The molecule has 2 amide bonds. The summed E-state index contributed by atoms with van der Waals surface area (Å²) in [5.74, 6) is 0.410. The molecule has 0 radical (unpaired) electrons. The lowest BCUT2D eigenvalue weighted by atomic mass is 10.0. The van der Waals surface area contributed by atoms with Gasteiger partial charge >= 0.3 is 0 Å². The third-order valence-electron chi connectivity index (χ3n) is 4.58. The SMILES string of the molecule is CC(C)CN1CCN(C(=O)c2ccc(-c3ccsc3)cc2)C(C)C1=O. The molecule has 1 saturated heterocycles. The Hall–Kier alpha value is -2.14. The molecule has 5 heteroatoms. The second-order valence-electron chi connectivity index (χ2n) is 6.94. The van der Waals surface area contributed by atoms with Gasteiger partial charge in [0.05, 0.1) is 0 Å². The smallest absolute Gasteiger partial charge is 0.254 e. The zero-order chi connectivity index (χ0) is 18.0. The van der Waals surface area contributed by atoms with Crippen molar-refractivity contribution in [1.29, 1.82) is 0 Å². The molecule has 1 fully saturated rings. The van der Waals surface area contributed by atoms with Crippen LogP contribution in [0.4, 0.5) is 0 Å². The van der Waals surface area contributed by atoms with Crippen molar-refractivity contribution >= 4 is 23.2 Å². The Morgan fingerprint density at radius 1 is 1.16 bits per heavy atom. The number of benzene rings is 1. The third-order valence-corrected chi connectivity index (χ3v) is 5.26. The molecule has 0 N–H and O–H groups in total. The minimum Gasteiger partial charge on any atom is -0.339 e.